The van der Waals surface area contributed by atoms with Crippen LogP contribution in [0.25, 0.3) is 0 Å². The molecule has 4 rings (SSSR count). The van der Waals surface area contributed by atoms with E-state index in [1.54, 1.807) is 5.57 Å². The van der Waals surface area contributed by atoms with Crippen LogP contribution in [-0.2, 0) is 0 Å². The van der Waals surface area contributed by atoms with Crippen LogP contribution in [0.1, 0.15) is 71.6 Å². The Morgan fingerprint density at radius 3 is 2.75 bits per heavy atom. The molecule has 0 aromatic heterocycles. The number of fused-ring (bicyclic) bond motifs is 5. The van der Waals surface area contributed by atoms with Gasteiger partial charge in [0, 0.05) is 0 Å². The van der Waals surface area contributed by atoms with Crippen LogP contribution in [0, 0.1) is 28.6 Å². The number of aliphatic hydroxyl groups is 1. The molecule has 0 spiro atoms. The fourth-order valence-electron chi connectivity index (χ4n) is 6.73. The van der Waals surface area contributed by atoms with Crippen molar-refractivity contribution in [2.45, 2.75) is 77.7 Å². The third-order valence-corrected chi connectivity index (χ3v) is 7.98. The molecule has 1 heteroatoms. The van der Waals surface area contributed by atoms with Crippen molar-refractivity contribution < 1.29 is 5.11 Å². The predicted molar refractivity (Wildman–Crippen MR) is 82.3 cm³/mol. The highest BCUT2D eigenvalue weighted by Gasteiger charge is 2.58. The number of hydrogen-bond acceptors (Lipinski definition) is 1. The number of rotatable bonds is 0. The maximum Gasteiger partial charge on any atom is 0.0596 e. The van der Waals surface area contributed by atoms with E-state index in [4.69, 9.17) is 0 Å². The molecule has 0 radical (unpaired) electrons. The molecule has 0 amide bonds. The number of aliphatic hydroxyl groups excluding tert-OH is 1. The van der Waals surface area contributed by atoms with E-state index in [1.165, 1.54) is 51.4 Å². The SMILES string of the molecule is C[C@]12CC[C@@H]3[C@H](CCC4=CCCC[C@@]43C)[C@H]1CC[C@H]2O. The summed E-state index contributed by atoms with van der Waals surface area (Å²) in [6.07, 6.45) is 14.4. The van der Waals surface area contributed by atoms with E-state index in [2.05, 4.69) is 19.9 Å². The first-order valence-electron chi connectivity index (χ1n) is 8.93. The molecule has 0 aliphatic heterocycles. The molecule has 4 aliphatic rings. The summed E-state index contributed by atoms with van der Waals surface area (Å²) in [6.45, 7) is 4.96. The lowest BCUT2D eigenvalue weighted by molar-refractivity contribution is -0.0736. The normalized spacial score (nSPS) is 54.6. The fraction of sp³-hybridized carbons (Fsp3) is 0.895. The summed E-state index contributed by atoms with van der Waals surface area (Å²) in [7, 11) is 0. The summed E-state index contributed by atoms with van der Waals surface area (Å²) < 4.78 is 0. The molecule has 1 nitrogen and oxygen atoms in total. The Balaban J connectivity index is 1.68. The van der Waals surface area contributed by atoms with E-state index in [0.29, 0.717) is 5.41 Å². The lowest BCUT2D eigenvalue weighted by Gasteiger charge is -2.57. The first kappa shape index (κ1) is 13.4. The smallest absolute Gasteiger partial charge is 0.0596 e. The maximum atomic E-state index is 10.5. The van der Waals surface area contributed by atoms with E-state index in [9.17, 15) is 5.11 Å². The molecule has 20 heavy (non-hydrogen) atoms. The van der Waals surface area contributed by atoms with Gasteiger partial charge in [-0.25, -0.2) is 0 Å². The number of hydrogen-bond donors (Lipinski definition) is 1. The summed E-state index contributed by atoms with van der Waals surface area (Å²) in [5, 5.41) is 10.5. The predicted octanol–water partition coefficient (Wildman–Crippen LogP) is 4.70. The van der Waals surface area contributed by atoms with Crippen molar-refractivity contribution in [2.75, 3.05) is 0 Å². The third kappa shape index (κ3) is 1.59. The second-order valence-electron chi connectivity index (χ2n) is 8.59. The van der Waals surface area contributed by atoms with Crippen molar-refractivity contribution in [3.05, 3.63) is 11.6 Å². The first-order chi connectivity index (χ1) is 9.56. The Hall–Kier alpha value is -0.300. The molecule has 0 unspecified atom stereocenters. The molecule has 0 aromatic rings. The minimum absolute atomic E-state index is 0.0236. The van der Waals surface area contributed by atoms with E-state index >= 15 is 0 Å². The van der Waals surface area contributed by atoms with Gasteiger partial charge in [0.25, 0.3) is 0 Å². The van der Waals surface area contributed by atoms with Crippen LogP contribution in [0.5, 0.6) is 0 Å². The van der Waals surface area contributed by atoms with Gasteiger partial charge in [-0.2, -0.15) is 0 Å². The van der Waals surface area contributed by atoms with Gasteiger partial charge in [-0.3, -0.25) is 0 Å². The minimum Gasteiger partial charge on any atom is -0.393 e. The molecular formula is C19H30O. The molecule has 1 N–H and O–H groups in total. The van der Waals surface area contributed by atoms with Crippen molar-refractivity contribution in [1.82, 2.24) is 0 Å². The summed E-state index contributed by atoms with van der Waals surface area (Å²) in [5.41, 5.74) is 2.55. The van der Waals surface area contributed by atoms with Crippen LogP contribution in [0.4, 0.5) is 0 Å². The van der Waals surface area contributed by atoms with Gasteiger partial charge < -0.3 is 5.11 Å². The molecule has 0 aromatic carbocycles. The average molecular weight is 274 g/mol. The van der Waals surface area contributed by atoms with E-state index in [1.807, 2.05) is 0 Å². The quantitative estimate of drug-likeness (QED) is 0.635. The molecule has 0 heterocycles. The van der Waals surface area contributed by atoms with Crippen molar-refractivity contribution >= 4 is 0 Å². The molecule has 3 saturated carbocycles. The Morgan fingerprint density at radius 1 is 1.05 bits per heavy atom. The van der Waals surface area contributed by atoms with Crippen LogP contribution in [0.3, 0.4) is 0 Å². The summed E-state index contributed by atoms with van der Waals surface area (Å²) >= 11 is 0. The average Bonchev–Trinajstić information content (AvgIpc) is 2.74. The van der Waals surface area contributed by atoms with Crippen LogP contribution in [0.2, 0.25) is 0 Å². The van der Waals surface area contributed by atoms with Gasteiger partial charge in [0.15, 0.2) is 0 Å². The van der Waals surface area contributed by atoms with Gasteiger partial charge in [0.05, 0.1) is 6.10 Å². The number of allylic oxidation sites excluding steroid dienone is 2. The van der Waals surface area contributed by atoms with Crippen molar-refractivity contribution in [3.63, 3.8) is 0 Å². The first-order valence-corrected chi connectivity index (χ1v) is 8.93. The Bertz CT molecular complexity index is 439. The summed E-state index contributed by atoms with van der Waals surface area (Å²) in [6, 6.07) is 0. The van der Waals surface area contributed by atoms with E-state index < -0.39 is 0 Å². The summed E-state index contributed by atoms with van der Waals surface area (Å²) in [5.74, 6) is 2.61. The van der Waals surface area contributed by atoms with Crippen molar-refractivity contribution in [3.8, 4) is 0 Å². The Labute approximate surface area is 123 Å². The Morgan fingerprint density at radius 2 is 1.90 bits per heavy atom. The molecule has 0 saturated heterocycles. The summed E-state index contributed by atoms with van der Waals surface area (Å²) in [4.78, 5) is 0. The zero-order chi connectivity index (χ0) is 14.0. The van der Waals surface area contributed by atoms with Gasteiger partial charge in [0.2, 0.25) is 0 Å². The second kappa shape index (κ2) is 4.35. The molecule has 3 fully saturated rings. The van der Waals surface area contributed by atoms with Crippen molar-refractivity contribution in [1.29, 1.82) is 0 Å². The minimum atomic E-state index is -0.0236. The van der Waals surface area contributed by atoms with E-state index in [-0.39, 0.29) is 11.5 Å². The molecule has 4 aliphatic carbocycles. The zero-order valence-electron chi connectivity index (χ0n) is 13.2. The molecule has 6 atom stereocenters. The van der Waals surface area contributed by atoms with Crippen LogP contribution in [0.15, 0.2) is 11.6 Å². The fourth-order valence-corrected chi connectivity index (χ4v) is 6.73. The van der Waals surface area contributed by atoms with Gasteiger partial charge in [0.1, 0.15) is 0 Å². The highest BCUT2D eigenvalue weighted by molar-refractivity contribution is 5.23. The maximum absolute atomic E-state index is 10.5. The van der Waals surface area contributed by atoms with Gasteiger partial charge in [-0.05, 0) is 86.4 Å². The van der Waals surface area contributed by atoms with Gasteiger partial charge >= 0.3 is 0 Å². The lowest BCUT2D eigenvalue weighted by atomic mass is 9.47. The standard InChI is InChI=1S/C19H30O/c1-18-11-4-3-5-13(18)6-7-14-15-8-9-17(20)19(15,2)12-10-16(14)18/h5,14-17,20H,3-4,6-12H2,1-2H3/t14-,15-,16-,17-,18+,19+/m1/s1. The van der Waals surface area contributed by atoms with Crippen LogP contribution >= 0.6 is 0 Å². The third-order valence-electron chi connectivity index (χ3n) is 7.98. The van der Waals surface area contributed by atoms with Crippen LogP contribution in [-0.4, -0.2) is 11.2 Å². The second-order valence-corrected chi connectivity index (χ2v) is 8.59. The molecule has 0 bridgehead atoms. The molecular weight excluding hydrogens is 244 g/mol. The Kier molecular flexibility index (Phi) is 2.91. The van der Waals surface area contributed by atoms with Gasteiger partial charge in [-0.15, -0.1) is 0 Å². The largest absolute Gasteiger partial charge is 0.393 e. The highest BCUT2D eigenvalue weighted by Crippen LogP contribution is 2.65. The highest BCUT2D eigenvalue weighted by atomic mass is 16.3. The van der Waals surface area contributed by atoms with Crippen LogP contribution < -0.4 is 0 Å². The monoisotopic (exact) mass is 274 g/mol. The lowest BCUT2D eigenvalue weighted by Crippen LogP contribution is -2.50. The molecule has 112 valence electrons. The van der Waals surface area contributed by atoms with Crippen molar-refractivity contribution in [2.24, 2.45) is 28.6 Å². The topological polar surface area (TPSA) is 20.2 Å². The zero-order valence-corrected chi connectivity index (χ0v) is 13.2. The van der Waals surface area contributed by atoms with Gasteiger partial charge in [-0.1, -0.05) is 25.5 Å². The van der Waals surface area contributed by atoms with E-state index in [0.717, 1.165) is 24.2 Å².